The molecule has 0 bridgehead atoms. The first-order valence-electron chi connectivity index (χ1n) is 5.62. The first-order valence-corrected chi connectivity index (χ1v) is 5.62. The van der Waals surface area contributed by atoms with Crippen LogP contribution in [0.25, 0.3) is 0 Å². The molecular weight excluding hydrogens is 220 g/mol. The van der Waals surface area contributed by atoms with Crippen molar-refractivity contribution in [3.05, 3.63) is 23.8 Å². The molecule has 4 nitrogen and oxygen atoms in total. The largest absolute Gasteiger partial charge is 0.493 e. The van der Waals surface area contributed by atoms with E-state index in [-0.39, 0.29) is 5.97 Å². The topological polar surface area (TPSA) is 44.8 Å². The van der Waals surface area contributed by atoms with Gasteiger partial charge in [-0.25, -0.2) is 4.79 Å². The van der Waals surface area contributed by atoms with E-state index in [1.165, 1.54) is 7.11 Å². The first kappa shape index (κ1) is 13.4. The Hall–Kier alpha value is -1.71. The second-order valence-corrected chi connectivity index (χ2v) is 3.56. The Morgan fingerprint density at radius 3 is 2.59 bits per heavy atom. The van der Waals surface area contributed by atoms with Crippen molar-refractivity contribution in [2.24, 2.45) is 0 Å². The highest BCUT2D eigenvalue weighted by molar-refractivity contribution is 5.90. The lowest BCUT2D eigenvalue weighted by Crippen LogP contribution is -2.03. The van der Waals surface area contributed by atoms with Crippen LogP contribution < -0.4 is 9.47 Å². The third kappa shape index (κ3) is 3.66. The highest BCUT2D eigenvalue weighted by Gasteiger charge is 2.10. The summed E-state index contributed by atoms with van der Waals surface area (Å²) in [4.78, 5) is 11.3. The predicted molar refractivity (Wildman–Crippen MR) is 64.7 cm³/mol. The van der Waals surface area contributed by atoms with Crippen molar-refractivity contribution in [2.75, 3.05) is 20.8 Å². The summed E-state index contributed by atoms with van der Waals surface area (Å²) in [5.41, 5.74) is 0.451. The number of unbranched alkanes of at least 4 members (excludes halogenated alkanes) is 1. The Balaban J connectivity index is 2.81. The van der Waals surface area contributed by atoms with E-state index in [4.69, 9.17) is 9.47 Å². The van der Waals surface area contributed by atoms with Gasteiger partial charge in [-0.05, 0) is 24.6 Å². The second kappa shape index (κ2) is 6.78. The Bertz CT molecular complexity index is 374. The molecule has 0 N–H and O–H groups in total. The minimum absolute atomic E-state index is 0.386. The number of carbonyl (C=O) groups is 1. The summed E-state index contributed by atoms with van der Waals surface area (Å²) in [5.74, 6) is 0.806. The van der Waals surface area contributed by atoms with Crippen LogP contribution in [0, 0.1) is 0 Å². The Kier molecular flexibility index (Phi) is 5.33. The standard InChI is InChI=1S/C13H18O4/c1-4-5-8-17-11-7-6-10(13(14)16-3)9-12(11)15-2/h6-7,9H,4-5,8H2,1-3H3. The molecular formula is C13H18O4. The van der Waals surface area contributed by atoms with Gasteiger partial charge in [0.2, 0.25) is 0 Å². The lowest BCUT2D eigenvalue weighted by Gasteiger charge is -2.11. The molecule has 0 atom stereocenters. The molecule has 0 heterocycles. The van der Waals surface area contributed by atoms with Crippen LogP contribution in [0.3, 0.4) is 0 Å². The fraction of sp³-hybridized carbons (Fsp3) is 0.462. The number of ether oxygens (including phenoxy) is 3. The maximum atomic E-state index is 11.3. The molecule has 0 amide bonds. The van der Waals surface area contributed by atoms with Gasteiger partial charge in [0.15, 0.2) is 11.5 Å². The van der Waals surface area contributed by atoms with Gasteiger partial charge in [-0.1, -0.05) is 13.3 Å². The van der Waals surface area contributed by atoms with Gasteiger partial charge in [-0.2, -0.15) is 0 Å². The molecule has 0 saturated carbocycles. The molecule has 0 fully saturated rings. The molecule has 0 aromatic heterocycles. The zero-order valence-corrected chi connectivity index (χ0v) is 10.5. The number of benzene rings is 1. The van der Waals surface area contributed by atoms with E-state index < -0.39 is 0 Å². The van der Waals surface area contributed by atoms with E-state index in [1.807, 2.05) is 0 Å². The molecule has 1 aromatic carbocycles. The summed E-state index contributed by atoms with van der Waals surface area (Å²) in [7, 11) is 2.89. The van der Waals surface area contributed by atoms with Crippen molar-refractivity contribution in [1.82, 2.24) is 0 Å². The fourth-order valence-electron chi connectivity index (χ4n) is 1.36. The van der Waals surface area contributed by atoms with Crippen molar-refractivity contribution < 1.29 is 19.0 Å². The van der Waals surface area contributed by atoms with Crippen LogP contribution >= 0.6 is 0 Å². The SMILES string of the molecule is CCCCOc1ccc(C(=O)OC)cc1OC. The lowest BCUT2D eigenvalue weighted by atomic mass is 10.2. The third-order valence-electron chi connectivity index (χ3n) is 2.34. The molecule has 0 radical (unpaired) electrons. The molecule has 0 aliphatic carbocycles. The molecule has 17 heavy (non-hydrogen) atoms. The number of carbonyl (C=O) groups excluding carboxylic acids is 1. The minimum Gasteiger partial charge on any atom is -0.493 e. The van der Waals surface area contributed by atoms with E-state index in [0.717, 1.165) is 12.8 Å². The van der Waals surface area contributed by atoms with Gasteiger partial charge in [0.25, 0.3) is 0 Å². The van der Waals surface area contributed by atoms with Gasteiger partial charge >= 0.3 is 5.97 Å². The van der Waals surface area contributed by atoms with Crippen LogP contribution in [-0.4, -0.2) is 26.8 Å². The van der Waals surface area contributed by atoms with Crippen molar-refractivity contribution in [3.63, 3.8) is 0 Å². The van der Waals surface area contributed by atoms with Crippen molar-refractivity contribution >= 4 is 5.97 Å². The zero-order chi connectivity index (χ0) is 12.7. The minimum atomic E-state index is -0.386. The molecule has 0 unspecified atom stereocenters. The second-order valence-electron chi connectivity index (χ2n) is 3.56. The van der Waals surface area contributed by atoms with Crippen LogP contribution in [0.4, 0.5) is 0 Å². The number of esters is 1. The van der Waals surface area contributed by atoms with Crippen molar-refractivity contribution in [3.8, 4) is 11.5 Å². The fourth-order valence-corrected chi connectivity index (χ4v) is 1.36. The van der Waals surface area contributed by atoms with Crippen LogP contribution in [0.1, 0.15) is 30.1 Å². The van der Waals surface area contributed by atoms with Crippen molar-refractivity contribution in [2.45, 2.75) is 19.8 Å². The Morgan fingerprint density at radius 2 is 2.00 bits per heavy atom. The zero-order valence-electron chi connectivity index (χ0n) is 10.5. The number of rotatable bonds is 6. The molecule has 0 spiro atoms. The van der Waals surface area contributed by atoms with Gasteiger partial charge in [-0.3, -0.25) is 0 Å². The molecule has 0 aliphatic rings. The monoisotopic (exact) mass is 238 g/mol. The van der Waals surface area contributed by atoms with Crippen molar-refractivity contribution in [1.29, 1.82) is 0 Å². The normalized spacial score (nSPS) is 9.82. The van der Waals surface area contributed by atoms with Crippen LogP contribution in [-0.2, 0) is 4.74 Å². The molecule has 4 heteroatoms. The summed E-state index contributed by atoms with van der Waals surface area (Å²) in [6.45, 7) is 2.74. The van der Waals surface area contributed by atoms with E-state index in [9.17, 15) is 4.79 Å². The number of hydrogen-bond acceptors (Lipinski definition) is 4. The van der Waals surface area contributed by atoms with E-state index in [2.05, 4.69) is 11.7 Å². The molecule has 1 rings (SSSR count). The summed E-state index contributed by atoms with van der Waals surface area (Å²) >= 11 is 0. The van der Waals surface area contributed by atoms with Gasteiger partial charge in [0, 0.05) is 0 Å². The third-order valence-corrected chi connectivity index (χ3v) is 2.34. The highest BCUT2D eigenvalue weighted by atomic mass is 16.5. The van der Waals surface area contributed by atoms with Crippen LogP contribution in [0.5, 0.6) is 11.5 Å². The molecule has 94 valence electrons. The van der Waals surface area contributed by atoms with Crippen LogP contribution in [0.15, 0.2) is 18.2 Å². The summed E-state index contributed by atoms with van der Waals surface area (Å²) in [6.07, 6.45) is 2.06. The van der Waals surface area contributed by atoms with Gasteiger partial charge in [0.1, 0.15) is 0 Å². The average molecular weight is 238 g/mol. The predicted octanol–water partition coefficient (Wildman–Crippen LogP) is 2.66. The van der Waals surface area contributed by atoms with Gasteiger partial charge in [0.05, 0.1) is 26.4 Å². The summed E-state index contributed by atoms with van der Waals surface area (Å²) in [5, 5.41) is 0. The summed E-state index contributed by atoms with van der Waals surface area (Å²) < 4.78 is 15.4. The van der Waals surface area contributed by atoms with Crippen LogP contribution in [0.2, 0.25) is 0 Å². The maximum absolute atomic E-state index is 11.3. The molecule has 0 aliphatic heterocycles. The van der Waals surface area contributed by atoms with E-state index in [0.29, 0.717) is 23.7 Å². The number of hydrogen-bond donors (Lipinski definition) is 0. The maximum Gasteiger partial charge on any atom is 0.337 e. The first-order chi connectivity index (χ1) is 8.22. The van der Waals surface area contributed by atoms with E-state index >= 15 is 0 Å². The van der Waals surface area contributed by atoms with Gasteiger partial charge in [-0.15, -0.1) is 0 Å². The van der Waals surface area contributed by atoms with E-state index in [1.54, 1.807) is 25.3 Å². The highest BCUT2D eigenvalue weighted by Crippen LogP contribution is 2.28. The number of methoxy groups -OCH3 is 2. The smallest absolute Gasteiger partial charge is 0.337 e. The average Bonchev–Trinajstić information content (AvgIpc) is 2.38. The van der Waals surface area contributed by atoms with Gasteiger partial charge < -0.3 is 14.2 Å². The lowest BCUT2D eigenvalue weighted by molar-refractivity contribution is 0.0600. The molecule has 1 aromatic rings. The summed E-state index contributed by atoms with van der Waals surface area (Å²) in [6, 6.07) is 5.00. The quantitative estimate of drug-likeness (QED) is 0.564. The Labute approximate surface area is 101 Å². The molecule has 0 saturated heterocycles. The Morgan fingerprint density at radius 1 is 1.24 bits per heavy atom.